The van der Waals surface area contributed by atoms with Crippen molar-refractivity contribution in [3.8, 4) is 11.1 Å². The fourth-order valence-electron chi connectivity index (χ4n) is 4.94. The van der Waals surface area contributed by atoms with Gasteiger partial charge in [0.1, 0.15) is 12.4 Å². The Bertz CT molecular complexity index is 1040. The molecule has 0 bridgehead atoms. The van der Waals surface area contributed by atoms with E-state index in [-0.39, 0.29) is 11.5 Å². The summed E-state index contributed by atoms with van der Waals surface area (Å²) in [4.78, 5) is 4.51. The molecule has 4 nitrogen and oxygen atoms in total. The zero-order valence-electron chi connectivity index (χ0n) is 17.4. The minimum absolute atomic E-state index is 0.124. The van der Waals surface area contributed by atoms with Crippen molar-refractivity contribution >= 4 is 5.95 Å². The lowest BCUT2D eigenvalue weighted by atomic mass is 9.70. The van der Waals surface area contributed by atoms with Crippen molar-refractivity contribution in [2.24, 2.45) is 11.3 Å². The van der Waals surface area contributed by atoms with Crippen LogP contribution in [0.25, 0.3) is 11.1 Å². The summed E-state index contributed by atoms with van der Waals surface area (Å²) >= 11 is 0. The molecule has 1 aliphatic carbocycles. The van der Waals surface area contributed by atoms with Gasteiger partial charge in [-0.25, -0.2) is 4.68 Å². The summed E-state index contributed by atoms with van der Waals surface area (Å²) in [6, 6.07) is 19.6. The van der Waals surface area contributed by atoms with Crippen LogP contribution in [0.3, 0.4) is 0 Å². The topological polar surface area (TPSA) is 42.7 Å². The molecule has 29 heavy (non-hydrogen) atoms. The molecule has 148 valence electrons. The van der Waals surface area contributed by atoms with Gasteiger partial charge in [0.25, 0.3) is 0 Å². The molecule has 1 aliphatic heterocycles. The van der Waals surface area contributed by atoms with E-state index in [2.05, 4.69) is 95.4 Å². The molecule has 0 spiro atoms. The SMILES string of the molecule is CC(C)(C)[C@@H]1CCCC2=C1Nc1ncnn1[C@H]2c1ccc(-c2ccccc2)cc1. The standard InChI is InChI=1S/C25H28N4/c1-25(2,3)21-11-7-10-20-22(21)28-24-26-16-27-29(24)23(20)19-14-12-18(13-15-19)17-8-5-4-6-9-17/h4-6,8-9,12-16,21,23H,7,10-11H2,1-3H3,(H,26,27,28)/t21-,23+/m1/s1. The van der Waals surface area contributed by atoms with E-state index in [1.165, 1.54) is 40.8 Å². The van der Waals surface area contributed by atoms with Crippen LogP contribution in [0.4, 0.5) is 5.95 Å². The molecule has 0 saturated heterocycles. The Labute approximate surface area is 172 Å². The largest absolute Gasteiger partial charge is 0.328 e. The van der Waals surface area contributed by atoms with Gasteiger partial charge in [0.05, 0.1) is 0 Å². The van der Waals surface area contributed by atoms with E-state index in [1.54, 1.807) is 6.33 Å². The third-order valence-corrected chi connectivity index (χ3v) is 6.41. The summed E-state index contributed by atoms with van der Waals surface area (Å²) in [5, 5.41) is 8.22. The molecule has 1 aromatic heterocycles. The third-order valence-electron chi connectivity index (χ3n) is 6.41. The number of rotatable bonds is 2. The van der Waals surface area contributed by atoms with Gasteiger partial charge in [-0.2, -0.15) is 10.1 Å². The average Bonchev–Trinajstić information content (AvgIpc) is 3.20. The summed E-state index contributed by atoms with van der Waals surface area (Å²) in [5.41, 5.74) is 6.84. The van der Waals surface area contributed by atoms with E-state index >= 15 is 0 Å². The van der Waals surface area contributed by atoms with Crippen LogP contribution >= 0.6 is 0 Å². The Morgan fingerprint density at radius 3 is 2.41 bits per heavy atom. The van der Waals surface area contributed by atoms with Crippen LogP contribution in [0, 0.1) is 11.3 Å². The molecule has 0 saturated carbocycles. The van der Waals surface area contributed by atoms with Crippen LogP contribution < -0.4 is 5.32 Å². The predicted molar refractivity (Wildman–Crippen MR) is 117 cm³/mol. The maximum atomic E-state index is 4.58. The summed E-state index contributed by atoms with van der Waals surface area (Å²) < 4.78 is 2.06. The van der Waals surface area contributed by atoms with E-state index in [1.807, 2.05) is 0 Å². The van der Waals surface area contributed by atoms with Crippen LogP contribution in [0.15, 0.2) is 72.2 Å². The van der Waals surface area contributed by atoms with Crippen LogP contribution in [-0.4, -0.2) is 14.8 Å². The predicted octanol–water partition coefficient (Wildman–Crippen LogP) is 6.06. The lowest BCUT2D eigenvalue weighted by molar-refractivity contribution is 0.244. The average molecular weight is 385 g/mol. The zero-order chi connectivity index (χ0) is 20.0. The molecule has 0 amide bonds. The Balaban J connectivity index is 1.59. The van der Waals surface area contributed by atoms with Crippen molar-refractivity contribution in [3.63, 3.8) is 0 Å². The van der Waals surface area contributed by atoms with Crippen molar-refractivity contribution in [2.45, 2.75) is 46.1 Å². The molecule has 0 fully saturated rings. The summed E-state index contributed by atoms with van der Waals surface area (Å²) in [6.07, 6.45) is 5.23. The van der Waals surface area contributed by atoms with E-state index in [0.717, 1.165) is 12.4 Å². The van der Waals surface area contributed by atoms with Crippen LogP contribution in [0.5, 0.6) is 0 Å². The highest BCUT2D eigenvalue weighted by atomic mass is 15.4. The van der Waals surface area contributed by atoms with Gasteiger partial charge in [-0.1, -0.05) is 75.4 Å². The second-order valence-electron chi connectivity index (χ2n) is 9.29. The zero-order valence-corrected chi connectivity index (χ0v) is 17.4. The number of nitrogens with zero attached hydrogens (tertiary/aromatic N) is 3. The van der Waals surface area contributed by atoms with Gasteiger partial charge in [-0.3, -0.25) is 0 Å². The quantitative estimate of drug-likeness (QED) is 0.584. The van der Waals surface area contributed by atoms with Crippen molar-refractivity contribution < 1.29 is 0 Å². The van der Waals surface area contributed by atoms with Crippen LogP contribution in [0.2, 0.25) is 0 Å². The highest BCUT2D eigenvalue weighted by molar-refractivity contribution is 5.64. The number of anilines is 1. The third kappa shape index (κ3) is 3.17. The Morgan fingerprint density at radius 2 is 1.69 bits per heavy atom. The number of aromatic nitrogens is 3. The van der Waals surface area contributed by atoms with E-state index < -0.39 is 0 Å². The molecule has 2 heterocycles. The molecule has 2 atom stereocenters. The first-order valence-electron chi connectivity index (χ1n) is 10.6. The summed E-state index contributed by atoms with van der Waals surface area (Å²) in [6.45, 7) is 7.04. The molecule has 0 radical (unpaired) electrons. The molecular formula is C25H28N4. The van der Waals surface area contributed by atoms with E-state index in [4.69, 9.17) is 0 Å². The molecule has 2 aromatic carbocycles. The molecular weight excluding hydrogens is 356 g/mol. The van der Waals surface area contributed by atoms with Gasteiger partial charge in [-0.15, -0.1) is 0 Å². The van der Waals surface area contributed by atoms with Crippen LogP contribution in [0.1, 0.15) is 51.6 Å². The first-order valence-corrected chi connectivity index (χ1v) is 10.6. The minimum Gasteiger partial charge on any atom is -0.328 e. The summed E-state index contributed by atoms with van der Waals surface area (Å²) in [7, 11) is 0. The maximum Gasteiger partial charge on any atom is 0.226 e. The maximum absolute atomic E-state index is 4.58. The van der Waals surface area contributed by atoms with Gasteiger partial charge in [-0.05, 0) is 46.9 Å². The number of hydrogen-bond donors (Lipinski definition) is 1. The van der Waals surface area contributed by atoms with Crippen molar-refractivity contribution in [1.82, 2.24) is 14.8 Å². The lowest BCUT2D eigenvalue weighted by Crippen LogP contribution is -2.35. The number of allylic oxidation sites excluding steroid dienone is 2. The van der Waals surface area contributed by atoms with E-state index in [0.29, 0.717) is 5.92 Å². The van der Waals surface area contributed by atoms with Crippen molar-refractivity contribution in [2.75, 3.05) is 5.32 Å². The first kappa shape index (κ1) is 18.2. The first-order chi connectivity index (χ1) is 14.0. The van der Waals surface area contributed by atoms with Gasteiger partial charge < -0.3 is 5.32 Å². The van der Waals surface area contributed by atoms with E-state index in [9.17, 15) is 0 Å². The minimum atomic E-state index is 0.124. The second-order valence-corrected chi connectivity index (χ2v) is 9.29. The van der Waals surface area contributed by atoms with Crippen molar-refractivity contribution in [1.29, 1.82) is 0 Å². The van der Waals surface area contributed by atoms with Gasteiger partial charge >= 0.3 is 0 Å². The highest BCUT2D eigenvalue weighted by Crippen LogP contribution is 2.48. The normalized spacial score (nSPS) is 21.3. The lowest BCUT2D eigenvalue weighted by Gasteiger charge is -2.42. The highest BCUT2D eigenvalue weighted by Gasteiger charge is 2.39. The number of fused-ring (bicyclic) bond motifs is 1. The second kappa shape index (κ2) is 6.87. The molecule has 0 unspecified atom stereocenters. The Morgan fingerprint density at radius 1 is 0.966 bits per heavy atom. The number of nitrogens with one attached hydrogen (secondary N) is 1. The Kier molecular flexibility index (Phi) is 4.30. The fraction of sp³-hybridized carbons (Fsp3) is 0.360. The summed E-state index contributed by atoms with van der Waals surface area (Å²) in [5.74, 6) is 1.37. The molecule has 5 rings (SSSR count). The monoisotopic (exact) mass is 384 g/mol. The van der Waals surface area contributed by atoms with Crippen LogP contribution in [-0.2, 0) is 0 Å². The molecule has 4 heteroatoms. The van der Waals surface area contributed by atoms with Crippen molar-refractivity contribution in [3.05, 3.63) is 77.8 Å². The smallest absolute Gasteiger partial charge is 0.226 e. The fourth-order valence-corrected chi connectivity index (χ4v) is 4.94. The van der Waals surface area contributed by atoms with Gasteiger partial charge in [0.15, 0.2) is 0 Å². The Hall–Kier alpha value is -2.88. The molecule has 1 N–H and O–H groups in total. The van der Waals surface area contributed by atoms with Gasteiger partial charge in [0.2, 0.25) is 5.95 Å². The molecule has 3 aromatic rings. The van der Waals surface area contributed by atoms with Gasteiger partial charge in [0, 0.05) is 11.6 Å². The number of benzene rings is 2. The molecule has 2 aliphatic rings. The number of hydrogen-bond acceptors (Lipinski definition) is 3.